The zero-order chi connectivity index (χ0) is 31.0. The highest BCUT2D eigenvalue weighted by atomic mass is 35.5. The number of carbonyl (C=O) groups excluding carboxylic acids is 1. The normalized spacial score (nSPS) is 14.0. The first-order valence-electron chi connectivity index (χ1n) is 13.7. The lowest BCUT2D eigenvalue weighted by atomic mass is 9.83. The summed E-state index contributed by atoms with van der Waals surface area (Å²) < 4.78 is 29.0. The number of benzene rings is 4. The highest BCUT2D eigenvalue weighted by molar-refractivity contribution is 6.32. The van der Waals surface area contributed by atoms with Crippen molar-refractivity contribution in [1.82, 2.24) is 0 Å². The molecule has 9 heteroatoms. The number of methoxy groups -OCH3 is 1. The molecule has 2 heterocycles. The van der Waals surface area contributed by atoms with Gasteiger partial charge in [0.15, 0.2) is 11.5 Å². The third-order valence-corrected chi connectivity index (χ3v) is 7.97. The Kier molecular flexibility index (Phi) is 7.64. The predicted molar refractivity (Wildman–Crippen MR) is 165 cm³/mol. The Balaban J connectivity index is 1.29. The molecule has 0 radical (unpaired) electrons. The molecule has 0 fully saturated rings. The summed E-state index contributed by atoms with van der Waals surface area (Å²) in [6.07, 6.45) is 0. The van der Waals surface area contributed by atoms with Crippen LogP contribution in [0.2, 0.25) is 5.02 Å². The van der Waals surface area contributed by atoms with E-state index in [1.54, 1.807) is 50.4 Å². The zero-order valence-electron chi connectivity index (χ0n) is 24.1. The van der Waals surface area contributed by atoms with Crippen LogP contribution in [0.4, 0.5) is 0 Å². The Morgan fingerprint density at radius 1 is 1.02 bits per heavy atom. The lowest BCUT2D eigenvalue weighted by Gasteiger charge is -2.27. The van der Waals surface area contributed by atoms with Gasteiger partial charge in [0.05, 0.1) is 13.0 Å². The van der Waals surface area contributed by atoms with E-state index in [0.717, 1.165) is 22.1 Å². The van der Waals surface area contributed by atoms with E-state index in [1.165, 1.54) is 0 Å². The van der Waals surface area contributed by atoms with Crippen LogP contribution < -0.4 is 24.7 Å². The average molecular weight is 607 g/mol. The molecule has 0 bridgehead atoms. The second kappa shape index (κ2) is 11.7. The van der Waals surface area contributed by atoms with Gasteiger partial charge in [-0.05, 0) is 60.9 Å². The van der Waals surface area contributed by atoms with Gasteiger partial charge in [0.25, 0.3) is 0 Å². The van der Waals surface area contributed by atoms with Crippen LogP contribution in [0.1, 0.15) is 44.3 Å². The Morgan fingerprint density at radius 3 is 2.57 bits per heavy atom. The van der Waals surface area contributed by atoms with Crippen LogP contribution >= 0.6 is 11.6 Å². The summed E-state index contributed by atoms with van der Waals surface area (Å²) >= 11 is 6.28. The lowest BCUT2D eigenvalue weighted by Crippen LogP contribution is -2.21. The van der Waals surface area contributed by atoms with Gasteiger partial charge in [-0.2, -0.15) is 5.26 Å². The zero-order valence-corrected chi connectivity index (χ0v) is 24.9. The van der Waals surface area contributed by atoms with Crippen molar-refractivity contribution in [3.05, 3.63) is 129 Å². The first kappa shape index (κ1) is 28.7. The quantitative estimate of drug-likeness (QED) is 0.148. The minimum atomic E-state index is -0.670. The van der Waals surface area contributed by atoms with Gasteiger partial charge in [-0.3, -0.25) is 0 Å². The van der Waals surface area contributed by atoms with Gasteiger partial charge >= 0.3 is 5.97 Å². The number of halogens is 1. The highest BCUT2D eigenvalue weighted by Gasteiger charge is 2.32. The van der Waals surface area contributed by atoms with Crippen LogP contribution in [-0.4, -0.2) is 13.1 Å². The van der Waals surface area contributed by atoms with Gasteiger partial charge in [0.1, 0.15) is 35.3 Å². The van der Waals surface area contributed by atoms with E-state index in [4.69, 9.17) is 40.7 Å². The number of fused-ring (bicyclic) bond motifs is 2. The molecule has 0 aliphatic carbocycles. The molecular weight excluding hydrogens is 580 g/mol. The molecule has 1 atom stereocenters. The van der Waals surface area contributed by atoms with Crippen molar-refractivity contribution < 1.29 is 28.2 Å². The Labute approximate surface area is 258 Å². The van der Waals surface area contributed by atoms with Crippen LogP contribution in [0.3, 0.4) is 0 Å². The van der Waals surface area contributed by atoms with Crippen molar-refractivity contribution in [3.63, 3.8) is 0 Å². The molecule has 4 aromatic carbocycles. The van der Waals surface area contributed by atoms with E-state index in [1.807, 2.05) is 49.4 Å². The molecular formula is C35H27ClN2O6. The topological polar surface area (TPSA) is 117 Å². The molecule has 220 valence electrons. The minimum Gasteiger partial charge on any atom is -0.493 e. The SMILES string of the molecule is COc1cc(C2C(C#N)=C(N)Oc3cc(OC(=O)c4oc5cc(C)c(Cl)cc5c4C)ccc32)ccc1OCc1ccccc1. The molecule has 8 nitrogen and oxygen atoms in total. The van der Waals surface area contributed by atoms with Crippen molar-refractivity contribution >= 4 is 28.5 Å². The summed E-state index contributed by atoms with van der Waals surface area (Å²) in [5, 5.41) is 11.3. The molecule has 0 amide bonds. The van der Waals surface area contributed by atoms with Crippen LogP contribution in [-0.2, 0) is 6.61 Å². The molecule has 1 aliphatic heterocycles. The van der Waals surface area contributed by atoms with Gasteiger partial charge in [-0.25, -0.2) is 4.79 Å². The van der Waals surface area contributed by atoms with Crippen LogP contribution in [0, 0.1) is 25.2 Å². The summed E-state index contributed by atoms with van der Waals surface area (Å²) in [4.78, 5) is 13.1. The number of nitriles is 1. The smallest absolute Gasteiger partial charge is 0.379 e. The fraction of sp³-hybridized carbons (Fsp3) is 0.143. The van der Waals surface area contributed by atoms with Gasteiger partial charge in [0.2, 0.25) is 11.6 Å². The lowest BCUT2D eigenvalue weighted by molar-refractivity contribution is 0.0702. The third-order valence-electron chi connectivity index (χ3n) is 7.56. The Bertz CT molecular complexity index is 1990. The molecule has 1 unspecified atom stereocenters. The number of nitrogens with two attached hydrogens (primary N) is 1. The van der Waals surface area contributed by atoms with Crippen molar-refractivity contribution in [2.24, 2.45) is 5.73 Å². The maximum atomic E-state index is 13.1. The number of allylic oxidation sites excluding steroid dienone is 1. The monoisotopic (exact) mass is 606 g/mol. The van der Waals surface area contributed by atoms with E-state index >= 15 is 0 Å². The number of carbonyl (C=O) groups is 1. The predicted octanol–water partition coefficient (Wildman–Crippen LogP) is 7.73. The summed E-state index contributed by atoms with van der Waals surface area (Å²) in [7, 11) is 1.56. The van der Waals surface area contributed by atoms with Crippen LogP contribution in [0.25, 0.3) is 11.0 Å². The average Bonchev–Trinajstić information content (AvgIpc) is 3.34. The number of rotatable bonds is 7. The summed E-state index contributed by atoms with van der Waals surface area (Å²) in [6.45, 7) is 4.01. The fourth-order valence-electron chi connectivity index (χ4n) is 5.25. The Morgan fingerprint density at radius 2 is 1.82 bits per heavy atom. The molecule has 2 N–H and O–H groups in total. The third kappa shape index (κ3) is 5.30. The molecule has 44 heavy (non-hydrogen) atoms. The number of ether oxygens (including phenoxy) is 4. The van der Waals surface area contributed by atoms with Crippen molar-refractivity contribution in [2.45, 2.75) is 26.4 Å². The number of nitrogens with zero attached hydrogens (tertiary/aromatic N) is 1. The van der Waals surface area contributed by atoms with Gasteiger partial charge in [0, 0.05) is 27.6 Å². The van der Waals surface area contributed by atoms with Crippen molar-refractivity contribution in [3.8, 4) is 29.1 Å². The second-order valence-corrected chi connectivity index (χ2v) is 10.8. The highest BCUT2D eigenvalue weighted by Crippen LogP contribution is 2.45. The molecule has 0 saturated heterocycles. The number of esters is 1. The first-order chi connectivity index (χ1) is 21.3. The van der Waals surface area contributed by atoms with Gasteiger partial charge < -0.3 is 29.1 Å². The molecule has 0 spiro atoms. The van der Waals surface area contributed by atoms with E-state index in [0.29, 0.717) is 45.6 Å². The largest absolute Gasteiger partial charge is 0.493 e. The summed E-state index contributed by atoms with van der Waals surface area (Å²) in [6, 6.07) is 26.0. The van der Waals surface area contributed by atoms with E-state index in [2.05, 4.69) is 6.07 Å². The fourth-order valence-corrected chi connectivity index (χ4v) is 5.41. The van der Waals surface area contributed by atoms with E-state index in [-0.39, 0.29) is 23.0 Å². The number of aryl methyl sites for hydroxylation is 2. The number of hydrogen-bond donors (Lipinski definition) is 1. The standard InChI is InChI=1S/C35H27ClN2O6/c1-19-13-29-25(16-27(19)36)20(2)33(43-29)35(39)42-23-10-11-24-30(15-23)44-34(38)26(17-37)32(24)22-9-12-28(31(14-22)40-3)41-18-21-7-5-4-6-8-21/h4-16,32H,18,38H2,1-3H3. The first-order valence-corrected chi connectivity index (χ1v) is 14.1. The molecule has 0 saturated carbocycles. The number of furan rings is 1. The molecule has 1 aliphatic rings. The molecule has 6 rings (SSSR count). The van der Waals surface area contributed by atoms with Crippen LogP contribution in [0.15, 0.2) is 94.7 Å². The second-order valence-electron chi connectivity index (χ2n) is 10.4. The maximum absolute atomic E-state index is 13.1. The van der Waals surface area contributed by atoms with E-state index < -0.39 is 11.9 Å². The molecule has 1 aromatic heterocycles. The number of hydrogen-bond acceptors (Lipinski definition) is 8. The van der Waals surface area contributed by atoms with E-state index in [9.17, 15) is 10.1 Å². The van der Waals surface area contributed by atoms with Crippen molar-refractivity contribution in [1.29, 1.82) is 5.26 Å². The summed E-state index contributed by atoms with van der Waals surface area (Å²) in [5.74, 6) is 0.436. The Hall–Kier alpha value is -5.39. The maximum Gasteiger partial charge on any atom is 0.379 e. The summed E-state index contributed by atoms with van der Waals surface area (Å²) in [5.41, 5.74) is 10.9. The van der Waals surface area contributed by atoms with Gasteiger partial charge in [-0.15, -0.1) is 0 Å². The van der Waals surface area contributed by atoms with Crippen molar-refractivity contribution in [2.75, 3.05) is 7.11 Å². The minimum absolute atomic E-state index is 0.0442. The van der Waals surface area contributed by atoms with Crippen LogP contribution in [0.5, 0.6) is 23.0 Å². The van der Waals surface area contributed by atoms with Gasteiger partial charge in [-0.1, -0.05) is 54.1 Å². The molecule has 5 aromatic rings.